The predicted octanol–water partition coefficient (Wildman–Crippen LogP) is 3.82. The van der Waals surface area contributed by atoms with Gasteiger partial charge in [0.15, 0.2) is 0 Å². The van der Waals surface area contributed by atoms with Crippen molar-refractivity contribution in [1.29, 1.82) is 0 Å². The minimum atomic E-state index is -0.909. The van der Waals surface area contributed by atoms with Crippen LogP contribution in [0.15, 0.2) is 47.1 Å². The van der Waals surface area contributed by atoms with Gasteiger partial charge in [0.1, 0.15) is 5.82 Å². The molecule has 0 spiro atoms. The van der Waals surface area contributed by atoms with Crippen LogP contribution in [0.1, 0.15) is 30.2 Å². The molecule has 0 aliphatic heterocycles. The molecule has 0 bridgehead atoms. The maximum atomic E-state index is 13.8. The smallest absolute Gasteiger partial charge is 0.130 e. The predicted molar refractivity (Wildman–Crippen MR) is 71.7 cm³/mol. The molecular weight excluding hydrogens is 297 g/mol. The Labute approximate surface area is 114 Å². The summed E-state index contributed by atoms with van der Waals surface area (Å²) in [6.07, 6.45) is 0.754. The Morgan fingerprint density at radius 3 is 2.67 bits per heavy atom. The molecule has 2 aromatic rings. The summed E-state index contributed by atoms with van der Waals surface area (Å²) in [5, 5.41) is 10.2. The van der Waals surface area contributed by atoms with Crippen LogP contribution in [0.25, 0.3) is 0 Å². The van der Waals surface area contributed by atoms with Gasteiger partial charge in [-0.3, -0.25) is 4.98 Å². The van der Waals surface area contributed by atoms with Crippen molar-refractivity contribution < 1.29 is 9.50 Å². The van der Waals surface area contributed by atoms with Crippen LogP contribution in [0.5, 0.6) is 0 Å². The van der Waals surface area contributed by atoms with E-state index in [1.54, 1.807) is 18.3 Å². The first kappa shape index (κ1) is 13.2. The number of benzene rings is 1. The Morgan fingerprint density at radius 2 is 2.06 bits per heavy atom. The van der Waals surface area contributed by atoms with Crippen molar-refractivity contribution in [1.82, 2.24) is 4.98 Å². The summed E-state index contributed by atoms with van der Waals surface area (Å²) in [4.78, 5) is 4.18. The van der Waals surface area contributed by atoms with E-state index in [1.165, 1.54) is 6.07 Å². The Balaban J connectivity index is 2.28. The zero-order valence-electron chi connectivity index (χ0n) is 9.85. The lowest BCUT2D eigenvalue weighted by Gasteiger charge is -2.19. The van der Waals surface area contributed by atoms with Crippen molar-refractivity contribution in [2.45, 2.75) is 18.9 Å². The van der Waals surface area contributed by atoms with E-state index in [-0.39, 0.29) is 11.5 Å². The molecule has 1 aromatic heterocycles. The number of hydrogen-bond acceptors (Lipinski definition) is 2. The van der Waals surface area contributed by atoms with Gasteiger partial charge in [-0.15, -0.1) is 0 Å². The molecule has 0 fully saturated rings. The van der Waals surface area contributed by atoms with Gasteiger partial charge < -0.3 is 5.11 Å². The molecule has 0 saturated carbocycles. The third-order valence-electron chi connectivity index (χ3n) is 2.91. The molecule has 2 nitrogen and oxygen atoms in total. The highest BCUT2D eigenvalue weighted by atomic mass is 79.9. The third kappa shape index (κ3) is 2.76. The molecule has 1 aromatic carbocycles. The number of rotatable bonds is 3. The molecule has 2 rings (SSSR count). The van der Waals surface area contributed by atoms with Crippen molar-refractivity contribution >= 4 is 15.9 Å². The molecule has 2 unspecified atom stereocenters. The van der Waals surface area contributed by atoms with Crippen LogP contribution in [0.4, 0.5) is 4.39 Å². The molecule has 4 heteroatoms. The molecule has 2 atom stereocenters. The second kappa shape index (κ2) is 5.59. The van der Waals surface area contributed by atoms with Crippen molar-refractivity contribution in [3.05, 3.63) is 64.1 Å². The van der Waals surface area contributed by atoms with E-state index in [2.05, 4.69) is 20.9 Å². The fourth-order valence-electron chi connectivity index (χ4n) is 1.82. The monoisotopic (exact) mass is 309 g/mol. The number of hydrogen-bond donors (Lipinski definition) is 1. The van der Waals surface area contributed by atoms with Gasteiger partial charge in [0.05, 0.1) is 6.10 Å². The molecule has 0 radical (unpaired) electrons. The lowest BCUT2D eigenvalue weighted by atomic mass is 9.94. The highest BCUT2D eigenvalue weighted by Crippen LogP contribution is 2.31. The van der Waals surface area contributed by atoms with Crippen molar-refractivity contribution in [3.63, 3.8) is 0 Å². The van der Waals surface area contributed by atoms with E-state index >= 15 is 0 Å². The van der Waals surface area contributed by atoms with Crippen LogP contribution in [0, 0.1) is 5.82 Å². The first-order valence-corrected chi connectivity index (χ1v) is 6.43. The topological polar surface area (TPSA) is 33.1 Å². The first-order valence-electron chi connectivity index (χ1n) is 5.63. The van der Waals surface area contributed by atoms with Crippen LogP contribution in [-0.2, 0) is 0 Å². The van der Waals surface area contributed by atoms with E-state index in [4.69, 9.17) is 0 Å². The zero-order chi connectivity index (χ0) is 13.1. The maximum Gasteiger partial charge on any atom is 0.130 e. The molecular formula is C14H13BrFNO. The third-order valence-corrected chi connectivity index (χ3v) is 3.40. The Morgan fingerprint density at radius 1 is 1.28 bits per heavy atom. The van der Waals surface area contributed by atoms with Gasteiger partial charge in [-0.05, 0) is 24.3 Å². The second-order valence-corrected chi connectivity index (χ2v) is 5.07. The molecule has 0 aliphatic rings. The van der Waals surface area contributed by atoms with E-state index in [1.807, 2.05) is 25.1 Å². The quantitative estimate of drug-likeness (QED) is 0.935. The van der Waals surface area contributed by atoms with Gasteiger partial charge in [0, 0.05) is 27.8 Å². The van der Waals surface area contributed by atoms with Crippen molar-refractivity contribution in [2.75, 3.05) is 0 Å². The Hall–Kier alpha value is -1.26. The summed E-state index contributed by atoms with van der Waals surface area (Å²) in [6.45, 7) is 1.83. The normalized spacial score (nSPS) is 14.2. The molecule has 18 heavy (non-hydrogen) atoms. The molecule has 1 N–H and O–H groups in total. The highest BCUT2D eigenvalue weighted by molar-refractivity contribution is 9.10. The minimum absolute atomic E-state index is 0.262. The van der Waals surface area contributed by atoms with Crippen LogP contribution in [0.3, 0.4) is 0 Å². The largest absolute Gasteiger partial charge is 0.388 e. The summed E-state index contributed by atoms with van der Waals surface area (Å²) in [5.74, 6) is -0.679. The van der Waals surface area contributed by atoms with Gasteiger partial charge in [0.2, 0.25) is 0 Å². The van der Waals surface area contributed by atoms with Crippen LogP contribution in [-0.4, -0.2) is 10.1 Å². The Bertz CT molecular complexity index is 533. The lowest BCUT2D eigenvalue weighted by Crippen LogP contribution is -2.10. The van der Waals surface area contributed by atoms with Crippen molar-refractivity contribution in [3.8, 4) is 0 Å². The maximum absolute atomic E-state index is 13.8. The van der Waals surface area contributed by atoms with Crippen molar-refractivity contribution in [2.24, 2.45) is 0 Å². The Kier molecular flexibility index (Phi) is 4.09. The fourth-order valence-corrected chi connectivity index (χ4v) is 2.15. The van der Waals surface area contributed by atoms with Crippen LogP contribution < -0.4 is 0 Å². The average molecular weight is 310 g/mol. The first-order chi connectivity index (χ1) is 8.59. The summed E-state index contributed by atoms with van der Waals surface area (Å²) in [5.41, 5.74) is 1.03. The number of halogens is 2. The number of nitrogens with zero attached hydrogens (tertiary/aromatic N) is 1. The number of aromatic nitrogens is 1. The zero-order valence-corrected chi connectivity index (χ0v) is 11.4. The minimum Gasteiger partial charge on any atom is -0.388 e. The van der Waals surface area contributed by atoms with Crippen LogP contribution >= 0.6 is 15.9 Å². The summed E-state index contributed by atoms with van der Waals surface area (Å²) in [6, 6.07) is 10.1. The number of pyridine rings is 1. The molecule has 0 aliphatic carbocycles. The molecule has 0 amide bonds. The standard InChI is InChI=1S/C14H13BrFNO/c1-9(13-4-2-3-7-17-13)14(18)11-6-5-10(15)8-12(11)16/h2-9,14,18H,1H3. The van der Waals surface area contributed by atoms with E-state index < -0.39 is 11.9 Å². The fraction of sp³-hybridized carbons (Fsp3) is 0.214. The van der Waals surface area contributed by atoms with E-state index in [0.29, 0.717) is 4.47 Å². The SMILES string of the molecule is CC(c1ccccn1)C(O)c1ccc(Br)cc1F. The van der Waals surface area contributed by atoms with Gasteiger partial charge in [-0.2, -0.15) is 0 Å². The molecule has 1 heterocycles. The molecule has 94 valence electrons. The number of aliphatic hydroxyl groups excluding tert-OH is 1. The highest BCUT2D eigenvalue weighted by Gasteiger charge is 2.22. The summed E-state index contributed by atoms with van der Waals surface area (Å²) < 4.78 is 14.4. The van der Waals surface area contributed by atoms with Gasteiger partial charge in [-0.25, -0.2) is 4.39 Å². The molecule has 0 saturated heterocycles. The summed E-state index contributed by atoms with van der Waals surface area (Å²) in [7, 11) is 0. The van der Waals surface area contributed by atoms with E-state index in [0.717, 1.165) is 5.69 Å². The second-order valence-electron chi connectivity index (χ2n) is 4.15. The van der Waals surface area contributed by atoms with Crippen LogP contribution in [0.2, 0.25) is 0 Å². The number of aliphatic hydroxyl groups is 1. The van der Waals surface area contributed by atoms with Gasteiger partial charge >= 0.3 is 0 Å². The van der Waals surface area contributed by atoms with E-state index in [9.17, 15) is 9.50 Å². The van der Waals surface area contributed by atoms with Gasteiger partial charge in [0.25, 0.3) is 0 Å². The summed E-state index contributed by atoms with van der Waals surface area (Å²) >= 11 is 3.19. The van der Waals surface area contributed by atoms with Gasteiger partial charge in [-0.1, -0.05) is 35.0 Å². The average Bonchev–Trinajstić information content (AvgIpc) is 2.38. The lowest BCUT2D eigenvalue weighted by molar-refractivity contribution is 0.145.